The van der Waals surface area contributed by atoms with Gasteiger partial charge in [-0.2, -0.15) is 0 Å². The number of methoxy groups -OCH3 is 3. The third-order valence-corrected chi connectivity index (χ3v) is 5.03. The van der Waals surface area contributed by atoms with E-state index in [4.69, 9.17) is 14.2 Å². The van der Waals surface area contributed by atoms with E-state index in [0.29, 0.717) is 54.1 Å². The van der Waals surface area contributed by atoms with Gasteiger partial charge in [-0.1, -0.05) is 13.8 Å². The molecule has 1 aromatic carbocycles. The van der Waals surface area contributed by atoms with Gasteiger partial charge in [0.25, 0.3) is 0 Å². The zero-order chi connectivity index (χ0) is 20.4. The van der Waals surface area contributed by atoms with E-state index in [-0.39, 0.29) is 11.9 Å². The highest BCUT2D eigenvalue weighted by Gasteiger charge is 2.37. The Balaban J connectivity index is 2.19. The van der Waals surface area contributed by atoms with Crippen LogP contribution in [0.25, 0.3) is 11.4 Å². The minimum atomic E-state index is -0.341. The number of carbonyl (C=O) groups is 1. The van der Waals surface area contributed by atoms with Crippen LogP contribution in [0.4, 0.5) is 0 Å². The summed E-state index contributed by atoms with van der Waals surface area (Å²) in [5, 5.41) is 8.81. The number of rotatable bonds is 7. The molecule has 1 atom stereocenters. The van der Waals surface area contributed by atoms with Crippen LogP contribution in [0.2, 0.25) is 0 Å². The summed E-state index contributed by atoms with van der Waals surface area (Å²) in [7, 11) is 4.71. The average molecular weight is 388 g/mol. The van der Waals surface area contributed by atoms with Crippen molar-refractivity contribution in [3.05, 3.63) is 18.0 Å². The van der Waals surface area contributed by atoms with Gasteiger partial charge in [-0.05, 0) is 31.4 Å². The standard InChI is InChI=1S/C20H28N4O4/c1-7-23-11-16-21-22-19(24(16)14(20(23)25)10-12(2)3)13-8-9-15(26-4)18(28-6)17(13)27-5/h8-9,12,14H,7,10-11H2,1-6H3/t14-/m0/s1. The first-order chi connectivity index (χ1) is 13.5. The molecular weight excluding hydrogens is 360 g/mol. The molecule has 0 bridgehead atoms. The largest absolute Gasteiger partial charge is 0.493 e. The van der Waals surface area contributed by atoms with E-state index < -0.39 is 0 Å². The lowest BCUT2D eigenvalue weighted by molar-refractivity contribution is -0.137. The Morgan fingerprint density at radius 2 is 1.82 bits per heavy atom. The van der Waals surface area contributed by atoms with Crippen LogP contribution in [0.5, 0.6) is 17.2 Å². The number of likely N-dealkylation sites (N-methyl/N-ethyl adjacent to an activating group) is 1. The van der Waals surface area contributed by atoms with Crippen molar-refractivity contribution in [2.24, 2.45) is 5.92 Å². The predicted octanol–water partition coefficient (Wildman–Crippen LogP) is 2.92. The lowest BCUT2D eigenvalue weighted by atomic mass is 10.00. The topological polar surface area (TPSA) is 78.7 Å². The Kier molecular flexibility index (Phi) is 5.76. The van der Waals surface area contributed by atoms with Gasteiger partial charge in [-0.15, -0.1) is 10.2 Å². The molecule has 0 fully saturated rings. The molecule has 0 spiro atoms. The zero-order valence-corrected chi connectivity index (χ0v) is 17.4. The van der Waals surface area contributed by atoms with E-state index in [1.807, 2.05) is 22.5 Å². The molecule has 0 saturated heterocycles. The molecule has 0 saturated carbocycles. The number of hydrogen-bond donors (Lipinski definition) is 0. The van der Waals surface area contributed by atoms with Gasteiger partial charge in [0.2, 0.25) is 11.7 Å². The molecule has 3 rings (SSSR count). The van der Waals surface area contributed by atoms with Gasteiger partial charge in [-0.25, -0.2) is 0 Å². The number of aromatic nitrogens is 3. The molecule has 2 aromatic rings. The normalized spacial score (nSPS) is 16.3. The molecule has 152 valence electrons. The quantitative estimate of drug-likeness (QED) is 0.726. The number of fused-ring (bicyclic) bond motifs is 1. The molecule has 28 heavy (non-hydrogen) atoms. The molecule has 8 nitrogen and oxygen atoms in total. The van der Waals surface area contributed by atoms with Gasteiger partial charge in [0, 0.05) is 6.54 Å². The summed E-state index contributed by atoms with van der Waals surface area (Å²) < 4.78 is 18.5. The molecule has 8 heteroatoms. The van der Waals surface area contributed by atoms with Crippen molar-refractivity contribution < 1.29 is 19.0 Å². The zero-order valence-electron chi connectivity index (χ0n) is 17.4. The smallest absolute Gasteiger partial charge is 0.246 e. The van der Waals surface area contributed by atoms with Crippen molar-refractivity contribution in [2.45, 2.75) is 39.8 Å². The molecule has 0 aliphatic carbocycles. The highest BCUT2D eigenvalue weighted by Crippen LogP contribution is 2.45. The number of hydrogen-bond acceptors (Lipinski definition) is 6. The second-order valence-corrected chi connectivity index (χ2v) is 7.19. The first kappa shape index (κ1) is 20.0. The summed E-state index contributed by atoms with van der Waals surface area (Å²) in [6.45, 7) is 7.30. The van der Waals surface area contributed by atoms with E-state index in [2.05, 4.69) is 24.0 Å². The van der Waals surface area contributed by atoms with Gasteiger partial charge in [-0.3, -0.25) is 9.36 Å². The Morgan fingerprint density at radius 3 is 2.39 bits per heavy atom. The van der Waals surface area contributed by atoms with E-state index >= 15 is 0 Å². The van der Waals surface area contributed by atoms with Gasteiger partial charge in [0.1, 0.15) is 6.04 Å². The summed E-state index contributed by atoms with van der Waals surface area (Å²) in [6.07, 6.45) is 0.711. The van der Waals surface area contributed by atoms with Crippen LogP contribution in [0, 0.1) is 5.92 Å². The Labute approximate surface area is 165 Å². The monoisotopic (exact) mass is 388 g/mol. The number of carbonyl (C=O) groups excluding carboxylic acids is 1. The first-order valence-electron chi connectivity index (χ1n) is 9.48. The van der Waals surface area contributed by atoms with Gasteiger partial charge in [0.15, 0.2) is 23.1 Å². The van der Waals surface area contributed by atoms with Crippen LogP contribution < -0.4 is 14.2 Å². The molecular formula is C20H28N4O4. The van der Waals surface area contributed by atoms with E-state index in [1.165, 1.54) is 0 Å². The molecule has 1 aliphatic heterocycles. The second-order valence-electron chi connectivity index (χ2n) is 7.19. The number of benzene rings is 1. The summed E-state index contributed by atoms with van der Waals surface area (Å²) in [6, 6.07) is 3.32. The minimum Gasteiger partial charge on any atom is -0.493 e. The van der Waals surface area contributed by atoms with Crippen LogP contribution in [0.1, 0.15) is 39.1 Å². The second kappa shape index (κ2) is 8.08. The Bertz CT molecular complexity index is 862. The van der Waals surface area contributed by atoms with E-state index in [9.17, 15) is 4.79 Å². The fourth-order valence-electron chi connectivity index (χ4n) is 3.71. The molecule has 1 aliphatic rings. The third kappa shape index (κ3) is 3.27. The summed E-state index contributed by atoms with van der Waals surface area (Å²) >= 11 is 0. The molecule has 1 amide bonds. The number of ether oxygens (including phenoxy) is 3. The van der Waals surface area contributed by atoms with Gasteiger partial charge >= 0.3 is 0 Å². The summed E-state index contributed by atoms with van der Waals surface area (Å²) in [5.41, 5.74) is 0.713. The lowest BCUT2D eigenvalue weighted by Crippen LogP contribution is -2.43. The average Bonchev–Trinajstić information content (AvgIpc) is 3.11. The minimum absolute atomic E-state index is 0.101. The predicted molar refractivity (Wildman–Crippen MR) is 105 cm³/mol. The van der Waals surface area contributed by atoms with E-state index in [0.717, 1.165) is 5.82 Å². The highest BCUT2D eigenvalue weighted by atomic mass is 16.5. The maximum absolute atomic E-state index is 13.1. The van der Waals surface area contributed by atoms with Crippen molar-refractivity contribution in [3.63, 3.8) is 0 Å². The Hall–Kier alpha value is -2.77. The maximum Gasteiger partial charge on any atom is 0.246 e. The maximum atomic E-state index is 13.1. The molecule has 0 N–H and O–H groups in total. The van der Waals surface area contributed by atoms with Gasteiger partial charge < -0.3 is 19.1 Å². The number of nitrogens with zero attached hydrogens (tertiary/aromatic N) is 4. The molecule has 0 unspecified atom stereocenters. The fourth-order valence-corrected chi connectivity index (χ4v) is 3.71. The molecule has 1 aromatic heterocycles. The van der Waals surface area contributed by atoms with Crippen molar-refractivity contribution >= 4 is 5.91 Å². The van der Waals surface area contributed by atoms with Crippen LogP contribution in [0.15, 0.2) is 12.1 Å². The van der Waals surface area contributed by atoms with Crippen molar-refractivity contribution in [1.29, 1.82) is 0 Å². The summed E-state index contributed by atoms with van der Waals surface area (Å²) in [5.74, 6) is 3.38. The first-order valence-corrected chi connectivity index (χ1v) is 9.48. The molecule has 2 heterocycles. The third-order valence-electron chi connectivity index (χ3n) is 5.03. The van der Waals surface area contributed by atoms with Gasteiger partial charge in [0.05, 0.1) is 33.4 Å². The highest BCUT2D eigenvalue weighted by molar-refractivity contribution is 5.83. The van der Waals surface area contributed by atoms with Crippen molar-refractivity contribution in [3.8, 4) is 28.6 Å². The fraction of sp³-hybridized carbons (Fsp3) is 0.550. The van der Waals surface area contributed by atoms with E-state index in [1.54, 1.807) is 27.4 Å². The van der Waals surface area contributed by atoms with Crippen molar-refractivity contribution in [2.75, 3.05) is 27.9 Å². The molecule has 0 radical (unpaired) electrons. The van der Waals surface area contributed by atoms with Crippen molar-refractivity contribution in [1.82, 2.24) is 19.7 Å². The summed E-state index contributed by atoms with van der Waals surface area (Å²) in [4.78, 5) is 14.9. The van der Waals surface area contributed by atoms with Crippen LogP contribution in [-0.4, -0.2) is 53.4 Å². The van der Waals surface area contributed by atoms with Crippen LogP contribution in [-0.2, 0) is 11.3 Å². The number of amides is 1. The Morgan fingerprint density at radius 1 is 1.11 bits per heavy atom. The van der Waals surface area contributed by atoms with Crippen LogP contribution in [0.3, 0.4) is 0 Å². The SMILES string of the molecule is CCN1Cc2nnc(-c3ccc(OC)c(OC)c3OC)n2[C@@H](CC(C)C)C1=O. The lowest BCUT2D eigenvalue weighted by Gasteiger charge is -2.34. The van der Waals surface area contributed by atoms with Crippen LogP contribution >= 0.6 is 0 Å².